The summed E-state index contributed by atoms with van der Waals surface area (Å²) in [7, 11) is -4.24. The zero-order valence-electron chi connectivity index (χ0n) is 20.9. The number of nitrogen functional groups attached to an aromatic ring is 1. The van der Waals surface area contributed by atoms with E-state index in [0.717, 1.165) is 4.57 Å². The van der Waals surface area contributed by atoms with Gasteiger partial charge in [0.1, 0.15) is 34.9 Å². The third kappa shape index (κ3) is 5.42. The molecule has 14 heteroatoms. The van der Waals surface area contributed by atoms with Gasteiger partial charge in [0.2, 0.25) is 0 Å². The van der Waals surface area contributed by atoms with Crippen molar-refractivity contribution in [1.82, 2.24) is 14.6 Å². The second kappa shape index (κ2) is 10.2. The Morgan fingerprint density at radius 1 is 1.32 bits per heavy atom. The molecule has 4 N–H and O–H groups in total. The molecule has 2 bridgehead atoms. The van der Waals surface area contributed by atoms with E-state index in [1.54, 1.807) is 44.2 Å². The van der Waals surface area contributed by atoms with E-state index in [1.807, 2.05) is 0 Å². The first-order valence-electron chi connectivity index (χ1n) is 11.7. The number of aromatic nitrogens is 2. The molecule has 2 aliphatic heterocycles. The number of anilines is 1. The van der Waals surface area contributed by atoms with Gasteiger partial charge in [0.25, 0.3) is 0 Å². The van der Waals surface area contributed by atoms with Crippen LogP contribution in [0.5, 0.6) is 5.75 Å². The number of rotatable bonds is 10. The first kappa shape index (κ1) is 27.2. The predicted molar refractivity (Wildman–Crippen MR) is 131 cm³/mol. The molecule has 0 radical (unpaired) electrons. The number of aliphatic hydroxyl groups is 1. The van der Waals surface area contributed by atoms with E-state index < -0.39 is 55.6 Å². The van der Waals surface area contributed by atoms with Crippen LogP contribution in [0.4, 0.5) is 5.82 Å². The second-order valence-electron chi connectivity index (χ2n) is 9.44. The summed E-state index contributed by atoms with van der Waals surface area (Å²) in [6.45, 7) is 5.73. The molecule has 0 saturated carbocycles. The maximum atomic E-state index is 13.8. The molecule has 3 heterocycles. The summed E-state index contributed by atoms with van der Waals surface area (Å²) in [6, 6.07) is 8.61. The molecule has 1 aromatic heterocycles. The SMILES string of the molecule is CC(C)OC(=O)C(C)NP(=O)(OCC12COC(C(n3ccc(N)nc3=O)O1)C2(C)O)Oc1ccccc1. The van der Waals surface area contributed by atoms with Gasteiger partial charge in [-0.05, 0) is 45.9 Å². The van der Waals surface area contributed by atoms with E-state index >= 15 is 0 Å². The van der Waals surface area contributed by atoms with Crippen LogP contribution in [0.15, 0.2) is 47.4 Å². The Balaban J connectivity index is 1.57. The molecular weight excluding hydrogens is 507 g/mol. The van der Waals surface area contributed by atoms with Crippen LogP contribution in [0.1, 0.15) is 33.9 Å². The van der Waals surface area contributed by atoms with Gasteiger partial charge in [-0.3, -0.25) is 13.9 Å². The summed E-state index contributed by atoms with van der Waals surface area (Å²) in [6.07, 6.45) is -1.00. The molecule has 2 saturated heterocycles. The normalized spacial score (nSPS) is 29.1. The Hall–Kier alpha value is -2.80. The van der Waals surface area contributed by atoms with E-state index in [9.17, 15) is 19.3 Å². The maximum Gasteiger partial charge on any atom is 0.459 e. The molecule has 37 heavy (non-hydrogen) atoms. The van der Waals surface area contributed by atoms with Crippen molar-refractivity contribution in [2.75, 3.05) is 18.9 Å². The van der Waals surface area contributed by atoms with Crippen LogP contribution in [0.3, 0.4) is 0 Å². The monoisotopic (exact) mass is 538 g/mol. The first-order valence-corrected chi connectivity index (χ1v) is 13.2. The van der Waals surface area contributed by atoms with Gasteiger partial charge >= 0.3 is 19.4 Å². The van der Waals surface area contributed by atoms with E-state index in [4.69, 9.17) is 29.0 Å². The van der Waals surface area contributed by atoms with E-state index in [2.05, 4.69) is 10.1 Å². The molecule has 0 spiro atoms. The largest absolute Gasteiger partial charge is 0.462 e. The number of carbonyl (C=O) groups excluding carboxylic acids is 1. The zero-order valence-corrected chi connectivity index (χ0v) is 21.8. The fourth-order valence-corrected chi connectivity index (χ4v) is 5.70. The highest BCUT2D eigenvalue weighted by molar-refractivity contribution is 7.52. The standard InChI is InChI=1S/C23H31N4O9P/c1-14(2)34-20(28)15(3)26-37(31,36-16-8-6-5-7-9-16)33-13-23-12-32-18(22(23,4)30)19(35-23)27-11-10-17(24)25-21(27)29/h5-11,14-15,18-19,30H,12-13H2,1-4H3,(H,26,31)(H2,24,25,29). The molecule has 2 aliphatic rings. The topological polar surface area (TPSA) is 173 Å². The first-order chi connectivity index (χ1) is 17.4. The van der Waals surface area contributed by atoms with Crippen LogP contribution >= 0.6 is 7.75 Å². The van der Waals surface area contributed by atoms with Crippen molar-refractivity contribution in [2.45, 2.75) is 63.4 Å². The Morgan fingerprint density at radius 2 is 2.03 bits per heavy atom. The number of fused-ring (bicyclic) bond motifs is 2. The Bertz CT molecular complexity index is 1240. The lowest BCUT2D eigenvalue weighted by Crippen LogP contribution is -2.53. The van der Waals surface area contributed by atoms with Gasteiger partial charge in [0.05, 0.1) is 19.3 Å². The highest BCUT2D eigenvalue weighted by Crippen LogP contribution is 2.54. The van der Waals surface area contributed by atoms with Crippen molar-refractivity contribution in [3.63, 3.8) is 0 Å². The second-order valence-corrected chi connectivity index (χ2v) is 11.1. The lowest BCUT2D eigenvalue weighted by Gasteiger charge is -2.34. The van der Waals surface area contributed by atoms with Crippen LogP contribution in [0.2, 0.25) is 0 Å². The molecule has 1 aromatic carbocycles. The molecular formula is C23H31N4O9P. The van der Waals surface area contributed by atoms with Crippen molar-refractivity contribution in [2.24, 2.45) is 0 Å². The number of nitrogens with zero attached hydrogens (tertiary/aromatic N) is 2. The van der Waals surface area contributed by atoms with Gasteiger partial charge in [-0.1, -0.05) is 18.2 Å². The van der Waals surface area contributed by atoms with E-state index in [1.165, 1.54) is 26.1 Å². The van der Waals surface area contributed by atoms with Crippen LogP contribution in [-0.4, -0.2) is 63.3 Å². The molecule has 4 rings (SSSR count). The summed E-state index contributed by atoms with van der Waals surface area (Å²) in [5, 5.41) is 14.0. The molecule has 13 nitrogen and oxygen atoms in total. The lowest BCUT2D eigenvalue weighted by atomic mass is 9.86. The number of para-hydroxylation sites is 1. The van der Waals surface area contributed by atoms with E-state index in [-0.39, 0.29) is 24.3 Å². The average molecular weight is 538 g/mol. The van der Waals surface area contributed by atoms with Crippen LogP contribution in [0.25, 0.3) is 0 Å². The highest BCUT2D eigenvalue weighted by Gasteiger charge is 2.70. The molecule has 0 aliphatic carbocycles. The summed E-state index contributed by atoms with van der Waals surface area (Å²) in [5.74, 6) is -0.403. The number of hydrogen-bond acceptors (Lipinski definition) is 11. The Morgan fingerprint density at radius 3 is 2.68 bits per heavy atom. The summed E-state index contributed by atoms with van der Waals surface area (Å²) in [5.41, 5.74) is 1.71. The number of esters is 1. The number of carbonyl (C=O) groups is 1. The molecule has 6 atom stereocenters. The molecule has 2 aromatic rings. The minimum Gasteiger partial charge on any atom is -0.462 e. The molecule has 202 valence electrons. The van der Waals surface area contributed by atoms with Crippen LogP contribution in [0, 0.1) is 0 Å². The van der Waals surface area contributed by atoms with Crippen molar-refractivity contribution in [3.8, 4) is 5.75 Å². The minimum absolute atomic E-state index is 0.0327. The Labute approximate surface area is 213 Å². The molecule has 2 fully saturated rings. The van der Waals surface area contributed by atoms with Crippen molar-refractivity contribution in [3.05, 3.63) is 53.1 Å². The third-order valence-electron chi connectivity index (χ3n) is 6.20. The number of nitrogens with one attached hydrogen (secondary N) is 1. The van der Waals surface area contributed by atoms with Crippen LogP contribution in [-0.2, 0) is 28.1 Å². The fourth-order valence-electron chi connectivity index (χ4n) is 4.17. The quantitative estimate of drug-likeness (QED) is 0.293. The number of nitrogens with two attached hydrogens (primary N) is 1. The van der Waals surface area contributed by atoms with Crippen molar-refractivity contribution in [1.29, 1.82) is 0 Å². The third-order valence-corrected chi connectivity index (χ3v) is 7.82. The van der Waals surface area contributed by atoms with Gasteiger partial charge < -0.3 is 29.6 Å². The van der Waals surface area contributed by atoms with Crippen LogP contribution < -0.4 is 21.0 Å². The summed E-state index contributed by atoms with van der Waals surface area (Å²) in [4.78, 5) is 28.5. The maximum absolute atomic E-state index is 13.8. The average Bonchev–Trinajstić information content (AvgIpc) is 3.19. The predicted octanol–water partition coefficient (Wildman–Crippen LogP) is 1.38. The molecule has 6 unspecified atom stereocenters. The molecule has 0 amide bonds. The van der Waals surface area contributed by atoms with E-state index in [0.29, 0.717) is 0 Å². The van der Waals surface area contributed by atoms with Gasteiger partial charge in [0.15, 0.2) is 6.23 Å². The Kier molecular flexibility index (Phi) is 7.48. The van der Waals surface area contributed by atoms with Crippen molar-refractivity contribution >= 4 is 19.5 Å². The minimum atomic E-state index is -4.24. The number of hydrogen-bond donors (Lipinski definition) is 3. The fraction of sp³-hybridized carbons (Fsp3) is 0.522. The highest BCUT2D eigenvalue weighted by atomic mass is 31.2. The number of benzene rings is 1. The number of ether oxygens (including phenoxy) is 3. The summed E-state index contributed by atoms with van der Waals surface area (Å²) >= 11 is 0. The van der Waals surface area contributed by atoms with Gasteiger partial charge in [-0.15, -0.1) is 0 Å². The van der Waals surface area contributed by atoms with Gasteiger partial charge in [-0.2, -0.15) is 10.1 Å². The lowest BCUT2D eigenvalue weighted by molar-refractivity contribution is -0.189. The van der Waals surface area contributed by atoms with Gasteiger partial charge in [0, 0.05) is 6.20 Å². The summed E-state index contributed by atoms with van der Waals surface area (Å²) < 4.78 is 43.5. The smallest absolute Gasteiger partial charge is 0.459 e. The zero-order chi connectivity index (χ0) is 27.0. The van der Waals surface area contributed by atoms with Crippen molar-refractivity contribution < 1.29 is 37.7 Å². The van der Waals surface area contributed by atoms with Gasteiger partial charge in [-0.25, -0.2) is 9.36 Å².